The molecule has 2 aromatic rings. The van der Waals surface area contributed by atoms with Crippen LogP contribution in [0.1, 0.15) is 55.7 Å². The third-order valence-corrected chi connectivity index (χ3v) is 5.13. The quantitative estimate of drug-likeness (QED) is 0.762. The molecule has 0 bridgehead atoms. The number of aromatic nitrogens is 2. The lowest BCUT2D eigenvalue weighted by Crippen LogP contribution is -2.17. The largest absolute Gasteiger partial charge is 0.351 e. The second-order valence-electron chi connectivity index (χ2n) is 7.01. The normalized spacial score (nSPS) is 17.9. The standard InChI is InChI=1S/C19H23ClN4/c1-12-6-9-16(15(20)10-12)22-18-11-17(13-7-8-13)23-19(24-18)21-14-4-2-3-5-14/h6,9-11,13-14H,2-5,7-8H2,1H3,(H2,21,22,23,24). The van der Waals surface area contributed by atoms with Crippen molar-refractivity contribution >= 4 is 29.1 Å². The van der Waals surface area contributed by atoms with E-state index in [1.807, 2.05) is 19.1 Å². The second kappa shape index (κ2) is 6.60. The molecule has 4 nitrogen and oxygen atoms in total. The minimum absolute atomic E-state index is 0.510. The summed E-state index contributed by atoms with van der Waals surface area (Å²) in [5, 5.41) is 7.60. The Morgan fingerprint density at radius 3 is 2.54 bits per heavy atom. The topological polar surface area (TPSA) is 49.8 Å². The van der Waals surface area contributed by atoms with Crippen molar-refractivity contribution in [3.63, 3.8) is 0 Å². The first-order valence-corrected chi connectivity index (χ1v) is 9.24. The summed E-state index contributed by atoms with van der Waals surface area (Å²) < 4.78 is 0. The van der Waals surface area contributed by atoms with Gasteiger partial charge in [0.15, 0.2) is 0 Å². The molecule has 0 aliphatic heterocycles. The van der Waals surface area contributed by atoms with Gasteiger partial charge in [-0.2, -0.15) is 4.98 Å². The van der Waals surface area contributed by atoms with Gasteiger partial charge < -0.3 is 10.6 Å². The van der Waals surface area contributed by atoms with Gasteiger partial charge in [0.1, 0.15) is 5.82 Å². The van der Waals surface area contributed by atoms with Crippen molar-refractivity contribution in [1.82, 2.24) is 9.97 Å². The number of aryl methyl sites for hydroxylation is 1. The molecule has 24 heavy (non-hydrogen) atoms. The van der Waals surface area contributed by atoms with Crippen LogP contribution in [0.4, 0.5) is 17.5 Å². The smallest absolute Gasteiger partial charge is 0.225 e. The van der Waals surface area contributed by atoms with Gasteiger partial charge in [0.2, 0.25) is 5.95 Å². The van der Waals surface area contributed by atoms with E-state index >= 15 is 0 Å². The molecular formula is C19H23ClN4. The Labute approximate surface area is 148 Å². The zero-order chi connectivity index (χ0) is 16.5. The lowest BCUT2D eigenvalue weighted by Gasteiger charge is -2.15. The van der Waals surface area contributed by atoms with Crippen molar-refractivity contribution in [3.05, 3.63) is 40.5 Å². The van der Waals surface area contributed by atoms with Crippen LogP contribution >= 0.6 is 11.6 Å². The van der Waals surface area contributed by atoms with E-state index in [-0.39, 0.29) is 0 Å². The van der Waals surface area contributed by atoms with Gasteiger partial charge in [0.05, 0.1) is 16.4 Å². The monoisotopic (exact) mass is 342 g/mol. The number of rotatable bonds is 5. The molecule has 1 aromatic carbocycles. The van der Waals surface area contributed by atoms with Crippen LogP contribution in [0.5, 0.6) is 0 Å². The van der Waals surface area contributed by atoms with Gasteiger partial charge in [0.25, 0.3) is 0 Å². The van der Waals surface area contributed by atoms with Gasteiger partial charge in [-0.3, -0.25) is 0 Å². The zero-order valence-corrected chi connectivity index (χ0v) is 14.7. The summed E-state index contributed by atoms with van der Waals surface area (Å²) >= 11 is 6.35. The molecule has 2 saturated carbocycles. The highest BCUT2D eigenvalue weighted by molar-refractivity contribution is 6.33. The molecule has 5 heteroatoms. The third-order valence-electron chi connectivity index (χ3n) is 4.82. The summed E-state index contributed by atoms with van der Waals surface area (Å²) in [6.45, 7) is 2.04. The fourth-order valence-electron chi connectivity index (χ4n) is 3.30. The molecule has 1 heterocycles. The summed E-state index contributed by atoms with van der Waals surface area (Å²) in [7, 11) is 0. The highest BCUT2D eigenvalue weighted by Crippen LogP contribution is 2.40. The van der Waals surface area contributed by atoms with E-state index < -0.39 is 0 Å². The van der Waals surface area contributed by atoms with Crippen molar-refractivity contribution in [2.75, 3.05) is 10.6 Å². The molecule has 0 radical (unpaired) electrons. The molecule has 2 aliphatic rings. The summed E-state index contributed by atoms with van der Waals surface area (Å²) in [5.74, 6) is 2.15. The number of hydrogen-bond donors (Lipinski definition) is 2. The van der Waals surface area contributed by atoms with Crippen LogP contribution < -0.4 is 10.6 Å². The molecule has 0 spiro atoms. The Morgan fingerprint density at radius 1 is 1.04 bits per heavy atom. The van der Waals surface area contributed by atoms with Crippen LogP contribution in [0, 0.1) is 6.92 Å². The fraction of sp³-hybridized carbons (Fsp3) is 0.474. The molecular weight excluding hydrogens is 320 g/mol. The van der Waals surface area contributed by atoms with Gasteiger partial charge in [-0.1, -0.05) is 30.5 Å². The van der Waals surface area contributed by atoms with Gasteiger partial charge in [0, 0.05) is 18.0 Å². The molecule has 0 unspecified atom stereocenters. The summed E-state index contributed by atoms with van der Waals surface area (Å²) in [6.07, 6.45) is 7.47. The first-order chi connectivity index (χ1) is 11.7. The average Bonchev–Trinajstić information content (AvgIpc) is 3.29. The Bertz CT molecular complexity index is 736. The van der Waals surface area contributed by atoms with Crippen LogP contribution in [-0.4, -0.2) is 16.0 Å². The number of anilines is 3. The van der Waals surface area contributed by atoms with E-state index in [0.717, 1.165) is 28.7 Å². The van der Waals surface area contributed by atoms with E-state index in [9.17, 15) is 0 Å². The minimum atomic E-state index is 0.510. The highest BCUT2D eigenvalue weighted by atomic mass is 35.5. The fourth-order valence-corrected chi connectivity index (χ4v) is 3.58. The summed E-state index contributed by atoms with van der Waals surface area (Å²) in [5.41, 5.74) is 3.17. The Morgan fingerprint density at radius 2 is 1.83 bits per heavy atom. The maximum atomic E-state index is 6.35. The number of halogens is 1. The van der Waals surface area contributed by atoms with Gasteiger partial charge in [-0.25, -0.2) is 4.98 Å². The van der Waals surface area contributed by atoms with Crippen molar-refractivity contribution in [1.29, 1.82) is 0 Å². The maximum Gasteiger partial charge on any atom is 0.225 e. The zero-order valence-electron chi connectivity index (χ0n) is 14.0. The van der Waals surface area contributed by atoms with E-state index in [4.69, 9.17) is 16.6 Å². The number of nitrogens with zero attached hydrogens (tertiary/aromatic N) is 2. The Balaban J connectivity index is 1.59. The van der Waals surface area contributed by atoms with Crippen molar-refractivity contribution in [3.8, 4) is 0 Å². The van der Waals surface area contributed by atoms with Crippen molar-refractivity contribution < 1.29 is 0 Å². The SMILES string of the molecule is Cc1ccc(Nc2cc(C3CC3)nc(NC3CCCC3)n2)c(Cl)c1. The molecule has 2 fully saturated rings. The molecule has 2 N–H and O–H groups in total. The van der Waals surface area contributed by atoms with Crippen LogP contribution in [0.25, 0.3) is 0 Å². The van der Waals surface area contributed by atoms with Crippen LogP contribution in [0.15, 0.2) is 24.3 Å². The lowest BCUT2D eigenvalue weighted by molar-refractivity contribution is 0.742. The van der Waals surface area contributed by atoms with Crippen LogP contribution in [0.3, 0.4) is 0 Å². The third kappa shape index (κ3) is 3.64. The van der Waals surface area contributed by atoms with Gasteiger partial charge in [-0.05, 0) is 50.3 Å². The molecule has 4 rings (SSSR count). The lowest BCUT2D eigenvalue weighted by atomic mass is 10.2. The van der Waals surface area contributed by atoms with E-state index in [1.54, 1.807) is 0 Å². The van der Waals surface area contributed by atoms with Crippen LogP contribution in [0.2, 0.25) is 5.02 Å². The molecule has 0 atom stereocenters. The molecule has 0 amide bonds. The van der Waals surface area contributed by atoms with Crippen LogP contribution in [-0.2, 0) is 0 Å². The Hall–Kier alpha value is -1.81. The first kappa shape index (κ1) is 15.7. The van der Waals surface area contributed by atoms with E-state index in [1.165, 1.54) is 38.5 Å². The summed E-state index contributed by atoms with van der Waals surface area (Å²) in [4.78, 5) is 9.42. The van der Waals surface area contributed by atoms with Gasteiger partial charge >= 0.3 is 0 Å². The Kier molecular flexibility index (Phi) is 4.31. The van der Waals surface area contributed by atoms with Crippen molar-refractivity contribution in [2.45, 2.75) is 57.4 Å². The summed E-state index contributed by atoms with van der Waals surface area (Å²) in [6, 6.07) is 8.59. The number of nitrogens with one attached hydrogen (secondary N) is 2. The first-order valence-electron chi connectivity index (χ1n) is 8.86. The number of benzene rings is 1. The molecule has 1 aromatic heterocycles. The predicted octanol–water partition coefficient (Wildman–Crippen LogP) is 5.41. The second-order valence-corrected chi connectivity index (χ2v) is 7.42. The van der Waals surface area contributed by atoms with E-state index in [0.29, 0.717) is 17.0 Å². The average molecular weight is 343 g/mol. The molecule has 2 aliphatic carbocycles. The maximum absolute atomic E-state index is 6.35. The predicted molar refractivity (Wildman–Crippen MR) is 99.4 cm³/mol. The van der Waals surface area contributed by atoms with Gasteiger partial charge in [-0.15, -0.1) is 0 Å². The number of hydrogen-bond acceptors (Lipinski definition) is 4. The highest BCUT2D eigenvalue weighted by Gasteiger charge is 2.27. The minimum Gasteiger partial charge on any atom is -0.351 e. The molecule has 0 saturated heterocycles. The van der Waals surface area contributed by atoms with Crippen molar-refractivity contribution in [2.24, 2.45) is 0 Å². The van der Waals surface area contributed by atoms with E-state index in [2.05, 4.69) is 27.8 Å². The molecule has 126 valence electrons.